The molecule has 0 saturated heterocycles. The molecule has 2 N–H and O–H groups in total. The molecule has 0 unspecified atom stereocenters. The molecule has 32 valence electrons. The summed E-state index contributed by atoms with van der Waals surface area (Å²) in [5.74, 6) is 0. The van der Waals surface area contributed by atoms with Crippen LogP contribution in [-0.2, 0) is 0 Å². The maximum absolute atomic E-state index is 7.62. The molecule has 3 heteroatoms. The van der Waals surface area contributed by atoms with Gasteiger partial charge in [0.25, 0.3) is 0 Å². The van der Waals surface area contributed by atoms with Crippen molar-refractivity contribution in [3.05, 3.63) is 0 Å². The molecule has 0 fully saturated rings. The molecule has 0 atom stereocenters. The van der Waals surface area contributed by atoms with E-state index < -0.39 is 0 Å². The monoisotopic (exact) mass is 272 g/mol. The first-order chi connectivity index (χ1) is 1.91. The van der Waals surface area contributed by atoms with Crippen LogP contribution in [0.15, 0.2) is 0 Å². The standard InChI is InChI=1S/C2H6O2.Pb.2H/c3-1-2-4;;;/h3-4H,1-2H2;;;. The first-order valence-corrected chi connectivity index (χ1v) is 1.13. The van der Waals surface area contributed by atoms with E-state index in [9.17, 15) is 0 Å². The average molecular weight is 271 g/mol. The van der Waals surface area contributed by atoms with Gasteiger partial charge in [-0.2, -0.15) is 0 Å². The van der Waals surface area contributed by atoms with Gasteiger partial charge < -0.3 is 10.2 Å². The average Bonchev–Trinajstić information content (AvgIpc) is 1.37. The Hall–Kier alpha value is 0.842. The van der Waals surface area contributed by atoms with Gasteiger partial charge in [-0.1, -0.05) is 0 Å². The Morgan fingerprint density at radius 3 is 1.20 bits per heavy atom. The molecular formula is C2H8O2Pb. The second-order valence-electron chi connectivity index (χ2n) is 0.447. The molecule has 0 rings (SSSR count). The molecule has 0 aromatic heterocycles. The molecule has 0 bridgehead atoms. The summed E-state index contributed by atoms with van der Waals surface area (Å²) < 4.78 is 0. The second-order valence-corrected chi connectivity index (χ2v) is 0.447. The van der Waals surface area contributed by atoms with Crippen LogP contribution in [0.5, 0.6) is 0 Å². The van der Waals surface area contributed by atoms with Crippen molar-refractivity contribution in [2.24, 2.45) is 0 Å². The Kier molecular flexibility index (Phi) is 16.4. The maximum atomic E-state index is 7.62. The van der Waals surface area contributed by atoms with E-state index in [-0.39, 0.29) is 40.5 Å². The van der Waals surface area contributed by atoms with E-state index in [0.717, 1.165) is 0 Å². The van der Waals surface area contributed by atoms with Crippen LogP contribution >= 0.6 is 0 Å². The van der Waals surface area contributed by atoms with Gasteiger partial charge in [0, 0.05) is 0 Å². The number of rotatable bonds is 1. The minimum atomic E-state index is -0.125. The van der Waals surface area contributed by atoms with Crippen LogP contribution in [-0.4, -0.2) is 50.7 Å². The van der Waals surface area contributed by atoms with E-state index in [0.29, 0.717) is 0 Å². The third-order valence-corrected chi connectivity index (χ3v) is 0.1000. The fourth-order valence-electron chi connectivity index (χ4n) is 0. The number of aliphatic hydroxyl groups excluding tert-OH is 2. The van der Waals surface area contributed by atoms with E-state index in [1.165, 1.54) is 0 Å². The SMILES string of the molecule is OCCO.[PbH2]. The molecule has 0 saturated carbocycles. The van der Waals surface area contributed by atoms with Crippen molar-refractivity contribution in [1.82, 2.24) is 0 Å². The van der Waals surface area contributed by atoms with Crippen molar-refractivity contribution in [3.8, 4) is 0 Å². The molecule has 0 aliphatic carbocycles. The van der Waals surface area contributed by atoms with Crippen LogP contribution in [0.1, 0.15) is 0 Å². The summed E-state index contributed by atoms with van der Waals surface area (Å²) in [6.07, 6.45) is 0. The van der Waals surface area contributed by atoms with Crippen molar-refractivity contribution in [2.45, 2.75) is 0 Å². The number of aliphatic hydroxyl groups is 2. The van der Waals surface area contributed by atoms with Gasteiger partial charge in [-0.05, 0) is 0 Å². The molecule has 0 aromatic carbocycles. The normalized spacial score (nSPS) is 6.00. The fourth-order valence-corrected chi connectivity index (χ4v) is 0. The van der Waals surface area contributed by atoms with Gasteiger partial charge in [-0.15, -0.1) is 0 Å². The van der Waals surface area contributed by atoms with E-state index in [1.54, 1.807) is 0 Å². The van der Waals surface area contributed by atoms with Gasteiger partial charge in [-0.3, -0.25) is 0 Å². The predicted octanol–water partition coefficient (Wildman–Crippen LogP) is -1.95. The Balaban J connectivity index is 0. The van der Waals surface area contributed by atoms with Crippen LogP contribution in [0.2, 0.25) is 0 Å². The summed E-state index contributed by atoms with van der Waals surface area (Å²) in [6, 6.07) is 0. The summed E-state index contributed by atoms with van der Waals surface area (Å²) >= 11 is 0. The summed E-state index contributed by atoms with van der Waals surface area (Å²) in [5, 5.41) is 15.2. The molecule has 0 aromatic rings. The summed E-state index contributed by atoms with van der Waals surface area (Å²) in [6.45, 7) is -0.250. The number of hydrogen-bond donors (Lipinski definition) is 2. The zero-order valence-electron chi connectivity index (χ0n) is 3.02. The molecular weight excluding hydrogens is 263 g/mol. The molecule has 2 nitrogen and oxygen atoms in total. The van der Waals surface area contributed by atoms with Gasteiger partial charge in [0.05, 0.1) is 13.2 Å². The topological polar surface area (TPSA) is 40.5 Å². The first kappa shape index (κ1) is 9.28. The Labute approximate surface area is 51.0 Å². The Morgan fingerprint density at radius 1 is 1.00 bits per heavy atom. The van der Waals surface area contributed by atoms with Crippen LogP contribution < -0.4 is 0 Å². The second kappa shape index (κ2) is 8.85. The van der Waals surface area contributed by atoms with Crippen molar-refractivity contribution in [1.29, 1.82) is 0 Å². The fraction of sp³-hybridized carbons (Fsp3) is 1.00. The van der Waals surface area contributed by atoms with Crippen LogP contribution in [0.25, 0.3) is 0 Å². The molecule has 5 heavy (non-hydrogen) atoms. The van der Waals surface area contributed by atoms with Gasteiger partial charge in [0.2, 0.25) is 0 Å². The van der Waals surface area contributed by atoms with E-state index >= 15 is 0 Å². The molecule has 0 amide bonds. The van der Waals surface area contributed by atoms with Gasteiger partial charge in [0.1, 0.15) is 0 Å². The van der Waals surface area contributed by atoms with E-state index in [4.69, 9.17) is 10.2 Å². The quantitative estimate of drug-likeness (QED) is 0.545. The van der Waals surface area contributed by atoms with Crippen molar-refractivity contribution >= 4 is 27.3 Å². The van der Waals surface area contributed by atoms with Crippen LogP contribution in [0.4, 0.5) is 0 Å². The Morgan fingerprint density at radius 2 is 1.20 bits per heavy atom. The van der Waals surface area contributed by atoms with Crippen molar-refractivity contribution in [3.63, 3.8) is 0 Å². The zero-order valence-corrected chi connectivity index (χ0v) is 8.51. The Bertz CT molecular complexity index is 9.61. The van der Waals surface area contributed by atoms with E-state index in [1.807, 2.05) is 0 Å². The third-order valence-electron chi connectivity index (χ3n) is 0.1000. The summed E-state index contributed by atoms with van der Waals surface area (Å²) in [5.41, 5.74) is 0. The molecule has 0 aliphatic rings. The summed E-state index contributed by atoms with van der Waals surface area (Å²) in [4.78, 5) is 0. The molecule has 0 spiro atoms. The molecule has 0 heterocycles. The van der Waals surface area contributed by atoms with Crippen LogP contribution in [0.3, 0.4) is 0 Å². The molecule has 0 aliphatic heterocycles. The van der Waals surface area contributed by atoms with E-state index in [2.05, 4.69) is 0 Å². The predicted molar refractivity (Wildman–Crippen MR) is 22.7 cm³/mol. The summed E-state index contributed by atoms with van der Waals surface area (Å²) in [7, 11) is 0. The van der Waals surface area contributed by atoms with Gasteiger partial charge >= 0.3 is 27.3 Å². The first-order valence-electron chi connectivity index (χ1n) is 1.13. The van der Waals surface area contributed by atoms with Crippen molar-refractivity contribution < 1.29 is 10.2 Å². The zero-order chi connectivity index (χ0) is 3.41. The number of hydrogen-bond acceptors (Lipinski definition) is 2. The minimum absolute atomic E-state index is 0. The van der Waals surface area contributed by atoms with Crippen molar-refractivity contribution in [2.75, 3.05) is 13.2 Å². The molecule has 2 radical (unpaired) electrons. The van der Waals surface area contributed by atoms with Gasteiger partial charge in [0.15, 0.2) is 0 Å². The van der Waals surface area contributed by atoms with Gasteiger partial charge in [-0.25, -0.2) is 0 Å². The van der Waals surface area contributed by atoms with Crippen LogP contribution in [0, 0.1) is 0 Å². The third kappa shape index (κ3) is 11.5.